The first-order valence-electron chi connectivity index (χ1n) is 6.26. The maximum absolute atomic E-state index is 12.2. The van der Waals surface area contributed by atoms with E-state index >= 15 is 0 Å². The van der Waals surface area contributed by atoms with Crippen LogP contribution in [-0.2, 0) is 4.79 Å². The quantitative estimate of drug-likeness (QED) is 0.794. The molecule has 2 aromatic heterocycles. The molecule has 20 heavy (non-hydrogen) atoms. The Balaban J connectivity index is 1.97. The molecule has 0 fully saturated rings. The number of nitrogens with one attached hydrogen (secondary N) is 2. The van der Waals surface area contributed by atoms with E-state index in [0.717, 1.165) is 5.01 Å². The van der Waals surface area contributed by atoms with Crippen molar-refractivity contribution in [1.29, 1.82) is 0 Å². The van der Waals surface area contributed by atoms with E-state index < -0.39 is 0 Å². The molecule has 0 aliphatic heterocycles. The van der Waals surface area contributed by atoms with Gasteiger partial charge in [-0.25, -0.2) is 0 Å². The number of hydrogen-bond donors (Lipinski definition) is 2. The molecule has 108 valence electrons. The first-order valence-corrected chi connectivity index (χ1v) is 7.96. The van der Waals surface area contributed by atoms with Gasteiger partial charge in [-0.1, -0.05) is 43.9 Å². The fourth-order valence-electron chi connectivity index (χ4n) is 1.42. The molecule has 9 heteroatoms. The van der Waals surface area contributed by atoms with Crippen molar-refractivity contribution in [3.63, 3.8) is 0 Å². The van der Waals surface area contributed by atoms with Gasteiger partial charge in [-0.05, 0) is 6.42 Å². The summed E-state index contributed by atoms with van der Waals surface area (Å²) in [6, 6.07) is 0. The van der Waals surface area contributed by atoms with E-state index in [1.165, 1.54) is 23.1 Å². The summed E-state index contributed by atoms with van der Waals surface area (Å²) in [4.78, 5) is 12.2. The standard InChI is InChI=1S/C11H16N6OS2/c1-4-7(19-8-5-12-17-14-8)9(18)13-11-16-15-10(20-11)6(2)3/h5-7H,4H2,1-3H3,(H,12,14,17)(H,13,16,18). The lowest BCUT2D eigenvalue weighted by atomic mass is 10.2. The van der Waals surface area contributed by atoms with E-state index in [-0.39, 0.29) is 11.2 Å². The molecule has 0 saturated heterocycles. The first-order chi connectivity index (χ1) is 9.60. The molecule has 1 amide bonds. The summed E-state index contributed by atoms with van der Waals surface area (Å²) in [5, 5.41) is 23.0. The first kappa shape index (κ1) is 14.9. The van der Waals surface area contributed by atoms with Crippen LogP contribution in [0.5, 0.6) is 0 Å². The Hall–Kier alpha value is -1.48. The maximum atomic E-state index is 12.2. The summed E-state index contributed by atoms with van der Waals surface area (Å²) in [5.41, 5.74) is 0. The number of rotatable bonds is 6. The maximum Gasteiger partial charge on any atom is 0.239 e. The second-order valence-electron chi connectivity index (χ2n) is 4.41. The number of hydrogen-bond acceptors (Lipinski definition) is 7. The second kappa shape index (κ2) is 6.80. The van der Waals surface area contributed by atoms with E-state index in [1.54, 1.807) is 6.20 Å². The van der Waals surface area contributed by atoms with Crippen molar-refractivity contribution < 1.29 is 4.79 Å². The average molecular weight is 312 g/mol. The Labute approximate surface area is 125 Å². The van der Waals surface area contributed by atoms with Gasteiger partial charge in [0.2, 0.25) is 11.0 Å². The third-order valence-electron chi connectivity index (χ3n) is 2.48. The van der Waals surface area contributed by atoms with Crippen LogP contribution >= 0.6 is 23.1 Å². The van der Waals surface area contributed by atoms with Crippen LogP contribution in [0, 0.1) is 0 Å². The fraction of sp³-hybridized carbons (Fsp3) is 0.545. The zero-order valence-electron chi connectivity index (χ0n) is 11.5. The largest absolute Gasteiger partial charge is 0.300 e. The minimum absolute atomic E-state index is 0.0908. The lowest BCUT2D eigenvalue weighted by Gasteiger charge is -2.11. The van der Waals surface area contributed by atoms with Gasteiger partial charge in [0.1, 0.15) is 10.0 Å². The molecule has 0 radical (unpaired) electrons. The number of carbonyl (C=O) groups is 1. The summed E-state index contributed by atoms with van der Waals surface area (Å²) in [6.07, 6.45) is 2.29. The summed E-state index contributed by atoms with van der Waals surface area (Å²) in [7, 11) is 0. The number of anilines is 1. The lowest BCUT2D eigenvalue weighted by Crippen LogP contribution is -2.24. The van der Waals surface area contributed by atoms with Crippen LogP contribution in [0.25, 0.3) is 0 Å². The van der Waals surface area contributed by atoms with Crippen molar-refractivity contribution in [3.8, 4) is 0 Å². The highest BCUT2D eigenvalue weighted by Gasteiger charge is 2.20. The van der Waals surface area contributed by atoms with Crippen molar-refractivity contribution in [2.75, 3.05) is 5.32 Å². The molecule has 2 aromatic rings. The number of amides is 1. The van der Waals surface area contributed by atoms with Crippen molar-refractivity contribution >= 4 is 34.1 Å². The van der Waals surface area contributed by atoms with Gasteiger partial charge in [0.15, 0.2) is 0 Å². The van der Waals surface area contributed by atoms with Crippen LogP contribution in [-0.4, -0.2) is 36.8 Å². The van der Waals surface area contributed by atoms with Gasteiger partial charge >= 0.3 is 0 Å². The van der Waals surface area contributed by atoms with Crippen LogP contribution in [0.1, 0.15) is 38.1 Å². The summed E-state index contributed by atoms with van der Waals surface area (Å²) in [6.45, 7) is 6.04. The van der Waals surface area contributed by atoms with Crippen LogP contribution in [0.4, 0.5) is 5.13 Å². The molecule has 0 aliphatic rings. The highest BCUT2D eigenvalue weighted by Crippen LogP contribution is 2.26. The number of thioether (sulfide) groups is 1. The van der Waals surface area contributed by atoms with Gasteiger partial charge in [-0.15, -0.1) is 15.3 Å². The van der Waals surface area contributed by atoms with Crippen LogP contribution in [0.2, 0.25) is 0 Å². The molecule has 1 unspecified atom stereocenters. The lowest BCUT2D eigenvalue weighted by molar-refractivity contribution is -0.115. The van der Waals surface area contributed by atoms with E-state index in [1.807, 2.05) is 20.8 Å². The zero-order chi connectivity index (χ0) is 14.5. The minimum Gasteiger partial charge on any atom is -0.300 e. The molecule has 0 spiro atoms. The molecule has 2 rings (SSSR count). The normalized spacial score (nSPS) is 12.6. The SMILES string of the molecule is CCC(Sc1cn[nH]n1)C(=O)Nc1nnc(C(C)C)s1. The second-order valence-corrected chi connectivity index (χ2v) is 6.64. The summed E-state index contributed by atoms with van der Waals surface area (Å²) in [5.74, 6) is 0.219. The van der Waals surface area contributed by atoms with Gasteiger partial charge in [-0.3, -0.25) is 10.1 Å². The zero-order valence-corrected chi connectivity index (χ0v) is 13.1. The monoisotopic (exact) mass is 312 g/mol. The van der Waals surface area contributed by atoms with Gasteiger partial charge in [-0.2, -0.15) is 10.3 Å². The topological polar surface area (TPSA) is 96.5 Å². The number of H-pyrrole nitrogens is 1. The molecule has 2 heterocycles. The van der Waals surface area contributed by atoms with Crippen LogP contribution < -0.4 is 5.32 Å². The van der Waals surface area contributed by atoms with Gasteiger partial charge < -0.3 is 0 Å². The Kier molecular flexibility index (Phi) is 5.07. The summed E-state index contributed by atoms with van der Waals surface area (Å²) >= 11 is 2.78. The number of nitrogens with zero attached hydrogens (tertiary/aromatic N) is 4. The van der Waals surface area contributed by atoms with E-state index in [2.05, 4.69) is 30.9 Å². The van der Waals surface area contributed by atoms with Crippen LogP contribution in [0.3, 0.4) is 0 Å². The van der Waals surface area contributed by atoms with Crippen molar-refractivity contribution in [2.24, 2.45) is 0 Å². The molecule has 0 saturated carbocycles. The van der Waals surface area contributed by atoms with Crippen molar-refractivity contribution in [1.82, 2.24) is 25.6 Å². The van der Waals surface area contributed by atoms with Gasteiger partial charge in [0, 0.05) is 5.92 Å². The van der Waals surface area contributed by atoms with Gasteiger partial charge in [0.25, 0.3) is 0 Å². The van der Waals surface area contributed by atoms with Gasteiger partial charge in [0.05, 0.1) is 11.4 Å². The van der Waals surface area contributed by atoms with Crippen LogP contribution in [0.15, 0.2) is 11.2 Å². The Morgan fingerprint density at radius 1 is 1.50 bits per heavy atom. The molecule has 0 aromatic carbocycles. The molecule has 7 nitrogen and oxygen atoms in total. The Morgan fingerprint density at radius 2 is 2.30 bits per heavy atom. The minimum atomic E-state index is -0.230. The predicted octanol–water partition coefficient (Wildman–Crippen LogP) is 2.29. The smallest absolute Gasteiger partial charge is 0.239 e. The Morgan fingerprint density at radius 3 is 2.85 bits per heavy atom. The number of carbonyl (C=O) groups excluding carboxylic acids is 1. The number of aromatic amines is 1. The predicted molar refractivity (Wildman–Crippen MR) is 78.9 cm³/mol. The van der Waals surface area contributed by atoms with Crippen molar-refractivity contribution in [2.45, 2.75) is 43.4 Å². The third kappa shape index (κ3) is 3.76. The molecule has 0 aliphatic carbocycles. The molecular formula is C11H16N6OS2. The third-order valence-corrected chi connectivity index (χ3v) is 4.89. The van der Waals surface area contributed by atoms with E-state index in [4.69, 9.17) is 0 Å². The molecule has 1 atom stereocenters. The Bertz CT molecular complexity index is 553. The average Bonchev–Trinajstić information content (AvgIpc) is 3.06. The molecular weight excluding hydrogens is 296 g/mol. The highest BCUT2D eigenvalue weighted by atomic mass is 32.2. The molecule has 2 N–H and O–H groups in total. The number of aromatic nitrogens is 5. The summed E-state index contributed by atoms with van der Waals surface area (Å²) < 4.78 is 0. The fourth-order valence-corrected chi connectivity index (χ4v) is 3.00. The molecule has 0 bridgehead atoms. The van der Waals surface area contributed by atoms with Crippen molar-refractivity contribution in [3.05, 3.63) is 11.2 Å². The van der Waals surface area contributed by atoms with E-state index in [0.29, 0.717) is 22.5 Å². The van der Waals surface area contributed by atoms with E-state index in [9.17, 15) is 4.79 Å². The highest BCUT2D eigenvalue weighted by molar-refractivity contribution is 8.00.